The van der Waals surface area contributed by atoms with Gasteiger partial charge in [0.05, 0.1) is 0 Å². The van der Waals surface area contributed by atoms with Crippen LogP contribution >= 0.6 is 0 Å². The van der Waals surface area contributed by atoms with Gasteiger partial charge in [-0.05, 0) is 12.1 Å². The molecule has 1 heterocycles. The molecule has 0 aliphatic carbocycles. The molecule has 0 bridgehead atoms. The number of nitrogens with zero attached hydrogens (tertiary/aromatic N) is 1. The highest BCUT2D eigenvalue weighted by Gasteiger charge is 2.13. The standard InChI is InChI=1S/C10H13N2O/c1-2-4-9(5-3-1)13-10-8-11-6-7-12-10/h1-5,10-11H,6-8H2. The van der Waals surface area contributed by atoms with Gasteiger partial charge in [0.15, 0.2) is 6.23 Å². The fraction of sp³-hybridized carbons (Fsp3) is 0.400. The maximum atomic E-state index is 5.63. The second-order valence-electron chi connectivity index (χ2n) is 3.00. The summed E-state index contributed by atoms with van der Waals surface area (Å²) in [4.78, 5) is 0. The minimum absolute atomic E-state index is 0.0175. The number of rotatable bonds is 2. The molecule has 1 N–H and O–H groups in total. The molecule has 0 amide bonds. The van der Waals surface area contributed by atoms with Gasteiger partial charge in [0, 0.05) is 19.6 Å². The van der Waals surface area contributed by atoms with Crippen molar-refractivity contribution in [1.29, 1.82) is 0 Å². The third kappa shape index (κ3) is 2.44. The molecule has 1 aromatic carbocycles. The Hall–Kier alpha value is -1.06. The highest BCUT2D eigenvalue weighted by atomic mass is 16.5. The van der Waals surface area contributed by atoms with Crippen LogP contribution in [-0.4, -0.2) is 25.9 Å². The average Bonchev–Trinajstić information content (AvgIpc) is 2.21. The Morgan fingerprint density at radius 1 is 1.31 bits per heavy atom. The zero-order chi connectivity index (χ0) is 8.93. The molecule has 1 atom stereocenters. The Balaban J connectivity index is 1.90. The van der Waals surface area contributed by atoms with E-state index in [-0.39, 0.29) is 6.23 Å². The molecule has 69 valence electrons. The lowest BCUT2D eigenvalue weighted by Crippen LogP contribution is -2.47. The van der Waals surface area contributed by atoms with Crippen molar-refractivity contribution in [2.24, 2.45) is 0 Å². The molecule has 2 rings (SSSR count). The molecule has 1 aromatic rings. The van der Waals surface area contributed by atoms with Gasteiger partial charge in [-0.2, -0.15) is 5.32 Å². The predicted molar refractivity (Wildman–Crippen MR) is 50.7 cm³/mol. The summed E-state index contributed by atoms with van der Waals surface area (Å²) >= 11 is 0. The van der Waals surface area contributed by atoms with Crippen molar-refractivity contribution in [3.05, 3.63) is 30.3 Å². The smallest absolute Gasteiger partial charge is 0.177 e. The molecule has 1 aliphatic heterocycles. The average molecular weight is 177 g/mol. The number of benzene rings is 1. The maximum Gasteiger partial charge on any atom is 0.177 e. The van der Waals surface area contributed by atoms with Crippen molar-refractivity contribution in [2.75, 3.05) is 19.6 Å². The van der Waals surface area contributed by atoms with Crippen LogP contribution in [0.3, 0.4) is 0 Å². The molecule has 1 saturated heterocycles. The minimum Gasteiger partial charge on any atom is -0.472 e. The molecule has 1 radical (unpaired) electrons. The summed E-state index contributed by atoms with van der Waals surface area (Å²) in [5.41, 5.74) is 0. The van der Waals surface area contributed by atoms with E-state index >= 15 is 0 Å². The lowest BCUT2D eigenvalue weighted by Gasteiger charge is -2.23. The van der Waals surface area contributed by atoms with Crippen LogP contribution in [0.1, 0.15) is 0 Å². The first kappa shape index (κ1) is 8.53. The summed E-state index contributed by atoms with van der Waals surface area (Å²) < 4.78 is 5.63. The molecule has 1 fully saturated rings. The van der Waals surface area contributed by atoms with E-state index in [0.717, 1.165) is 25.4 Å². The van der Waals surface area contributed by atoms with Crippen LogP contribution in [0.4, 0.5) is 0 Å². The van der Waals surface area contributed by atoms with E-state index in [1.807, 2.05) is 30.3 Å². The first-order valence-corrected chi connectivity index (χ1v) is 4.54. The van der Waals surface area contributed by atoms with Gasteiger partial charge in [0.1, 0.15) is 5.75 Å². The number of ether oxygens (including phenoxy) is 1. The van der Waals surface area contributed by atoms with Crippen LogP contribution in [0, 0.1) is 0 Å². The van der Waals surface area contributed by atoms with Gasteiger partial charge in [0.2, 0.25) is 0 Å². The Kier molecular flexibility index (Phi) is 2.79. The third-order valence-electron chi connectivity index (χ3n) is 1.96. The van der Waals surface area contributed by atoms with E-state index in [0.29, 0.717) is 0 Å². The van der Waals surface area contributed by atoms with Crippen LogP contribution in [0.15, 0.2) is 30.3 Å². The molecule has 3 heteroatoms. The number of hydrogen-bond acceptors (Lipinski definition) is 2. The Bertz CT molecular complexity index is 244. The molecule has 0 saturated carbocycles. The fourth-order valence-corrected chi connectivity index (χ4v) is 1.31. The second-order valence-corrected chi connectivity index (χ2v) is 3.00. The predicted octanol–water partition coefficient (Wildman–Crippen LogP) is 0.599. The molecular formula is C10H13N2O. The first-order chi connectivity index (χ1) is 6.45. The molecule has 1 unspecified atom stereocenters. The summed E-state index contributed by atoms with van der Waals surface area (Å²) in [6, 6.07) is 9.80. The topological polar surface area (TPSA) is 35.4 Å². The van der Waals surface area contributed by atoms with Gasteiger partial charge < -0.3 is 10.1 Å². The summed E-state index contributed by atoms with van der Waals surface area (Å²) in [5, 5.41) is 7.58. The van der Waals surface area contributed by atoms with E-state index in [1.165, 1.54) is 0 Å². The number of nitrogens with one attached hydrogen (secondary N) is 1. The first-order valence-electron chi connectivity index (χ1n) is 4.54. The van der Waals surface area contributed by atoms with Gasteiger partial charge in [-0.25, -0.2) is 0 Å². The highest BCUT2D eigenvalue weighted by Crippen LogP contribution is 2.10. The summed E-state index contributed by atoms with van der Waals surface area (Å²) in [6.45, 7) is 2.63. The van der Waals surface area contributed by atoms with Crippen LogP contribution < -0.4 is 15.4 Å². The Morgan fingerprint density at radius 3 is 2.85 bits per heavy atom. The van der Waals surface area contributed by atoms with E-state index < -0.39 is 0 Å². The Labute approximate surface area is 78.1 Å². The number of para-hydroxylation sites is 1. The second kappa shape index (κ2) is 4.25. The van der Waals surface area contributed by atoms with Gasteiger partial charge in [-0.3, -0.25) is 0 Å². The minimum atomic E-state index is -0.0175. The fourth-order valence-electron chi connectivity index (χ4n) is 1.31. The molecule has 0 aromatic heterocycles. The van der Waals surface area contributed by atoms with Crippen molar-refractivity contribution < 1.29 is 4.74 Å². The van der Waals surface area contributed by atoms with E-state index in [9.17, 15) is 0 Å². The van der Waals surface area contributed by atoms with Crippen LogP contribution in [0.5, 0.6) is 5.75 Å². The number of piperazine rings is 1. The van der Waals surface area contributed by atoms with Gasteiger partial charge in [0.25, 0.3) is 0 Å². The van der Waals surface area contributed by atoms with Crippen molar-refractivity contribution >= 4 is 0 Å². The van der Waals surface area contributed by atoms with Gasteiger partial charge in [-0.15, -0.1) is 0 Å². The highest BCUT2D eigenvalue weighted by molar-refractivity contribution is 5.21. The van der Waals surface area contributed by atoms with Crippen LogP contribution in [-0.2, 0) is 0 Å². The number of hydrogen-bond donors (Lipinski definition) is 1. The summed E-state index contributed by atoms with van der Waals surface area (Å²) in [5.74, 6) is 0.889. The quantitative estimate of drug-likeness (QED) is 0.718. The third-order valence-corrected chi connectivity index (χ3v) is 1.96. The molecular weight excluding hydrogens is 164 g/mol. The maximum absolute atomic E-state index is 5.63. The van der Waals surface area contributed by atoms with E-state index in [2.05, 4.69) is 10.6 Å². The van der Waals surface area contributed by atoms with Gasteiger partial charge in [-0.1, -0.05) is 18.2 Å². The largest absolute Gasteiger partial charge is 0.472 e. The molecule has 1 aliphatic rings. The zero-order valence-electron chi connectivity index (χ0n) is 7.44. The Morgan fingerprint density at radius 2 is 2.15 bits per heavy atom. The van der Waals surface area contributed by atoms with E-state index in [4.69, 9.17) is 4.74 Å². The van der Waals surface area contributed by atoms with Crippen molar-refractivity contribution in [3.63, 3.8) is 0 Å². The SMILES string of the molecule is c1ccc(OC2CNCC[N]2)cc1. The molecule has 13 heavy (non-hydrogen) atoms. The van der Waals surface area contributed by atoms with Crippen LogP contribution in [0.2, 0.25) is 0 Å². The van der Waals surface area contributed by atoms with Gasteiger partial charge >= 0.3 is 0 Å². The van der Waals surface area contributed by atoms with Crippen molar-refractivity contribution in [2.45, 2.75) is 6.23 Å². The lowest BCUT2D eigenvalue weighted by molar-refractivity contribution is 0.140. The monoisotopic (exact) mass is 177 g/mol. The van der Waals surface area contributed by atoms with Crippen molar-refractivity contribution in [1.82, 2.24) is 10.6 Å². The van der Waals surface area contributed by atoms with Crippen molar-refractivity contribution in [3.8, 4) is 5.75 Å². The summed E-state index contributed by atoms with van der Waals surface area (Å²) in [6.07, 6.45) is -0.0175. The normalized spacial score (nSPS) is 22.6. The molecule has 0 spiro atoms. The lowest BCUT2D eigenvalue weighted by atomic mass is 10.3. The van der Waals surface area contributed by atoms with E-state index in [1.54, 1.807) is 0 Å². The molecule has 3 nitrogen and oxygen atoms in total. The van der Waals surface area contributed by atoms with Crippen LogP contribution in [0.25, 0.3) is 0 Å². The summed E-state index contributed by atoms with van der Waals surface area (Å²) in [7, 11) is 0. The zero-order valence-corrected chi connectivity index (χ0v) is 7.44.